The van der Waals surface area contributed by atoms with E-state index >= 15 is 0 Å². The van der Waals surface area contributed by atoms with Crippen molar-refractivity contribution >= 4 is 18.7 Å². The second kappa shape index (κ2) is 9.25. The molecule has 1 radical (unpaired) electrons. The van der Waals surface area contributed by atoms with Crippen molar-refractivity contribution in [2.24, 2.45) is 0 Å². The molecule has 4 rings (SSSR count). The van der Waals surface area contributed by atoms with Crippen LogP contribution in [0.4, 0.5) is 0 Å². The van der Waals surface area contributed by atoms with Crippen molar-refractivity contribution in [3.8, 4) is 0 Å². The normalized spacial score (nSPS) is 19.0. The summed E-state index contributed by atoms with van der Waals surface area (Å²) in [5.41, 5.74) is -0.354. The average Bonchev–Trinajstić information content (AvgIpc) is 3.26. The summed E-state index contributed by atoms with van der Waals surface area (Å²) in [7, 11) is -2.66. The van der Waals surface area contributed by atoms with Crippen molar-refractivity contribution in [2.75, 3.05) is 6.61 Å². The summed E-state index contributed by atoms with van der Waals surface area (Å²) in [5, 5.41) is 2.30. The molecule has 0 saturated carbocycles. The predicted molar refractivity (Wildman–Crippen MR) is 132 cm³/mol. The highest BCUT2D eigenvalue weighted by Crippen LogP contribution is 2.37. The largest absolute Gasteiger partial charge is 0.405 e. The first-order valence-corrected chi connectivity index (χ1v) is 13.2. The third-order valence-corrected chi connectivity index (χ3v) is 11.3. The zero-order valence-corrected chi connectivity index (χ0v) is 20.6. The minimum atomic E-state index is -2.66. The fourth-order valence-electron chi connectivity index (χ4n) is 4.64. The van der Waals surface area contributed by atoms with Gasteiger partial charge in [0.2, 0.25) is 0 Å². The predicted octanol–water partition coefficient (Wildman–Crippen LogP) is 2.91. The number of ether oxygens (including phenoxy) is 1. The molecule has 3 aromatic rings. The van der Waals surface area contributed by atoms with Crippen molar-refractivity contribution in [3.63, 3.8) is 0 Å². The number of nitrogens with one attached hydrogen (secondary N) is 1. The fourth-order valence-corrected chi connectivity index (χ4v) is 9.21. The third kappa shape index (κ3) is 4.53. The molecule has 33 heavy (non-hydrogen) atoms. The molecule has 1 saturated heterocycles. The Bertz CT molecular complexity index is 1160. The van der Waals surface area contributed by atoms with Crippen LogP contribution in [0.15, 0.2) is 76.4 Å². The van der Waals surface area contributed by atoms with E-state index in [4.69, 9.17) is 9.16 Å². The van der Waals surface area contributed by atoms with Gasteiger partial charge in [-0.1, -0.05) is 81.4 Å². The number of aromatic nitrogens is 2. The molecule has 1 fully saturated rings. The van der Waals surface area contributed by atoms with Crippen LogP contribution in [0.2, 0.25) is 5.04 Å². The highest BCUT2D eigenvalue weighted by molar-refractivity contribution is 6.99. The van der Waals surface area contributed by atoms with E-state index < -0.39 is 20.2 Å². The van der Waals surface area contributed by atoms with Gasteiger partial charge in [0.25, 0.3) is 13.9 Å². The summed E-state index contributed by atoms with van der Waals surface area (Å²) in [6, 6.07) is 21.0. The van der Waals surface area contributed by atoms with Crippen LogP contribution in [-0.2, 0) is 9.16 Å². The Morgan fingerprint density at radius 2 is 1.61 bits per heavy atom. The zero-order valence-electron chi connectivity index (χ0n) is 19.6. The average molecular weight is 464 g/mol. The number of hydrogen-bond donors (Lipinski definition) is 1. The Labute approximate surface area is 195 Å². The van der Waals surface area contributed by atoms with E-state index in [-0.39, 0.29) is 16.7 Å². The molecule has 1 aliphatic heterocycles. The van der Waals surface area contributed by atoms with Gasteiger partial charge < -0.3 is 9.16 Å². The van der Waals surface area contributed by atoms with Gasteiger partial charge in [-0.3, -0.25) is 14.3 Å². The lowest BCUT2D eigenvalue weighted by Crippen LogP contribution is -2.67. The van der Waals surface area contributed by atoms with Gasteiger partial charge in [-0.05, 0) is 35.2 Å². The summed E-state index contributed by atoms with van der Waals surface area (Å²) in [6.07, 6.45) is 3.47. The Hall–Kier alpha value is -2.74. The number of rotatable bonds is 6. The van der Waals surface area contributed by atoms with Gasteiger partial charge in [0, 0.05) is 11.8 Å². The molecule has 1 N–H and O–H groups in total. The van der Waals surface area contributed by atoms with Gasteiger partial charge in [-0.2, -0.15) is 0 Å². The summed E-state index contributed by atoms with van der Waals surface area (Å²) >= 11 is 0. The third-order valence-electron chi connectivity index (χ3n) is 6.27. The Balaban J connectivity index is 1.62. The standard InChI is InChI=1S/C26H31N2O4Si/c1-19-17-28(25(30)27-24(19)29)23-16-15-20(32-23)18-31-33(26(2,3)4,21-11-7-5-8-12-21)22-13-9-6-10-14-22/h5-15,17,20,23H,16,18H2,1-4H3,(H,27,29,30)/t20-,23-/m1/s1. The van der Waals surface area contributed by atoms with E-state index in [1.165, 1.54) is 14.9 Å². The van der Waals surface area contributed by atoms with Crippen LogP contribution in [0.1, 0.15) is 39.0 Å². The van der Waals surface area contributed by atoms with Gasteiger partial charge in [-0.15, -0.1) is 0 Å². The lowest BCUT2D eigenvalue weighted by Gasteiger charge is -2.43. The van der Waals surface area contributed by atoms with E-state index in [2.05, 4.69) is 80.7 Å². The van der Waals surface area contributed by atoms with Crippen LogP contribution in [0, 0.1) is 13.3 Å². The molecule has 2 aromatic carbocycles. The molecule has 2 atom stereocenters. The Kier molecular flexibility index (Phi) is 6.56. The number of nitrogens with zero attached hydrogens (tertiary/aromatic N) is 1. The Morgan fingerprint density at radius 3 is 2.15 bits per heavy atom. The summed E-state index contributed by atoms with van der Waals surface area (Å²) in [5.74, 6) is 0. The Morgan fingerprint density at radius 1 is 1.03 bits per heavy atom. The lowest BCUT2D eigenvalue weighted by molar-refractivity contribution is -0.0166. The van der Waals surface area contributed by atoms with Gasteiger partial charge >= 0.3 is 5.69 Å². The highest BCUT2D eigenvalue weighted by Gasteiger charge is 2.50. The topological polar surface area (TPSA) is 73.3 Å². The van der Waals surface area contributed by atoms with Gasteiger partial charge in [0.1, 0.15) is 6.23 Å². The molecule has 0 spiro atoms. The fraction of sp³-hybridized carbons (Fsp3) is 0.346. The highest BCUT2D eigenvalue weighted by atomic mass is 28.4. The molecule has 1 aromatic heterocycles. The van der Waals surface area contributed by atoms with Crippen molar-refractivity contribution in [3.05, 3.63) is 99.7 Å². The molecule has 0 aliphatic carbocycles. The SMILES string of the molecule is Cc1cn([C@H]2C[CH][C@H](CO[Si](c3ccccc3)(c3ccccc3)C(C)(C)C)O2)c(=O)[nH]c1=O. The molecule has 6 nitrogen and oxygen atoms in total. The van der Waals surface area contributed by atoms with E-state index in [0.29, 0.717) is 18.6 Å². The number of hydrogen-bond acceptors (Lipinski definition) is 4. The molecule has 2 heterocycles. The molecule has 0 unspecified atom stereocenters. The van der Waals surface area contributed by atoms with Crippen molar-refractivity contribution in [1.82, 2.24) is 9.55 Å². The maximum atomic E-state index is 12.3. The second-order valence-corrected chi connectivity index (χ2v) is 13.9. The smallest absolute Gasteiger partial charge is 0.330 e. The van der Waals surface area contributed by atoms with Gasteiger partial charge in [-0.25, -0.2) is 4.79 Å². The number of H-pyrrole nitrogens is 1. The first kappa shape index (κ1) is 23.4. The van der Waals surface area contributed by atoms with Crippen LogP contribution in [0.25, 0.3) is 0 Å². The number of aromatic amines is 1. The maximum Gasteiger partial charge on any atom is 0.330 e. The van der Waals surface area contributed by atoms with Crippen molar-refractivity contribution < 1.29 is 9.16 Å². The lowest BCUT2D eigenvalue weighted by atomic mass is 10.2. The van der Waals surface area contributed by atoms with Crippen molar-refractivity contribution in [2.45, 2.75) is 51.5 Å². The maximum absolute atomic E-state index is 12.3. The van der Waals surface area contributed by atoms with Crippen molar-refractivity contribution in [1.29, 1.82) is 0 Å². The van der Waals surface area contributed by atoms with E-state index in [0.717, 1.165) is 0 Å². The number of benzene rings is 2. The zero-order chi connectivity index (χ0) is 23.6. The monoisotopic (exact) mass is 463 g/mol. The van der Waals surface area contributed by atoms with Crippen LogP contribution in [-0.4, -0.2) is 30.6 Å². The molecule has 1 aliphatic rings. The molecular formula is C26H31N2O4Si. The van der Waals surface area contributed by atoms with Crippen LogP contribution < -0.4 is 21.6 Å². The van der Waals surface area contributed by atoms with Gasteiger partial charge in [0.05, 0.1) is 12.7 Å². The molecule has 0 bridgehead atoms. The first-order chi connectivity index (χ1) is 15.7. The van der Waals surface area contributed by atoms with Crippen LogP contribution >= 0.6 is 0 Å². The molecule has 7 heteroatoms. The number of aryl methyl sites for hydroxylation is 1. The summed E-state index contributed by atoms with van der Waals surface area (Å²) in [4.78, 5) is 26.4. The summed E-state index contributed by atoms with van der Waals surface area (Å²) < 4.78 is 14.6. The van der Waals surface area contributed by atoms with Crippen LogP contribution in [0.3, 0.4) is 0 Å². The van der Waals surface area contributed by atoms with E-state index in [1.807, 2.05) is 12.1 Å². The van der Waals surface area contributed by atoms with E-state index in [9.17, 15) is 9.59 Å². The minimum absolute atomic E-state index is 0.124. The summed E-state index contributed by atoms with van der Waals surface area (Å²) in [6.45, 7) is 8.79. The van der Waals surface area contributed by atoms with Crippen LogP contribution in [0.5, 0.6) is 0 Å². The van der Waals surface area contributed by atoms with E-state index in [1.54, 1.807) is 13.1 Å². The molecule has 0 amide bonds. The minimum Gasteiger partial charge on any atom is -0.405 e. The second-order valence-electron chi connectivity index (χ2n) is 9.55. The first-order valence-electron chi connectivity index (χ1n) is 11.3. The molecular weight excluding hydrogens is 432 g/mol. The quantitative estimate of drug-likeness (QED) is 0.571. The van der Waals surface area contributed by atoms with Gasteiger partial charge in [0.15, 0.2) is 0 Å². The molecule has 173 valence electrons.